The fraction of sp³-hybridized carbons (Fsp3) is 0.143. The highest BCUT2D eigenvalue weighted by molar-refractivity contribution is 5.45. The molecule has 0 bridgehead atoms. The lowest BCUT2D eigenvalue weighted by Crippen LogP contribution is -1.76. The van der Waals surface area contributed by atoms with Crippen molar-refractivity contribution < 1.29 is 9.21 Å². The molecule has 0 aliphatic carbocycles. The predicted octanol–water partition coefficient (Wildman–Crippen LogP) is 1.20. The molecule has 2 rings (SSSR count). The number of isocyanates is 1. The first-order valence-corrected chi connectivity index (χ1v) is 3.32. The van der Waals surface area contributed by atoms with Crippen molar-refractivity contribution in [3.8, 4) is 0 Å². The lowest BCUT2D eigenvalue weighted by molar-refractivity contribution is 0.560. The van der Waals surface area contributed by atoms with Crippen LogP contribution in [0, 0.1) is 6.92 Å². The van der Waals surface area contributed by atoms with Crippen molar-refractivity contribution in [2.24, 2.45) is 4.99 Å². The topological polar surface area (TPSA) is 59.9 Å². The summed E-state index contributed by atoms with van der Waals surface area (Å²) in [4.78, 5) is 17.1. The van der Waals surface area contributed by atoms with E-state index in [1.807, 2.05) is 6.92 Å². The number of nitrogens with zero attached hydrogens (tertiary/aromatic N) is 3. The van der Waals surface area contributed by atoms with E-state index in [0.717, 1.165) is 5.69 Å². The Balaban J connectivity index is 2.70. The molecule has 2 aromatic heterocycles. The second kappa shape index (κ2) is 2.32. The molecule has 60 valence electrons. The molecule has 0 aliphatic heterocycles. The lowest BCUT2D eigenvalue weighted by Gasteiger charge is -1.80. The number of aromatic nitrogens is 2. The van der Waals surface area contributed by atoms with Crippen molar-refractivity contribution in [2.75, 3.05) is 0 Å². The van der Waals surface area contributed by atoms with Gasteiger partial charge in [-0.2, -0.15) is 0 Å². The minimum Gasteiger partial charge on any atom is -0.404 e. The van der Waals surface area contributed by atoms with E-state index in [0.29, 0.717) is 5.84 Å². The monoisotopic (exact) mass is 163 g/mol. The summed E-state index contributed by atoms with van der Waals surface area (Å²) >= 11 is 0. The van der Waals surface area contributed by atoms with Crippen molar-refractivity contribution in [3.63, 3.8) is 0 Å². The van der Waals surface area contributed by atoms with Gasteiger partial charge in [-0.1, -0.05) is 0 Å². The average molecular weight is 163 g/mol. The van der Waals surface area contributed by atoms with Gasteiger partial charge in [-0.25, -0.2) is 9.78 Å². The third-order valence-electron chi connectivity index (χ3n) is 1.54. The maximum absolute atomic E-state index is 9.88. The van der Waals surface area contributed by atoms with E-state index >= 15 is 0 Å². The summed E-state index contributed by atoms with van der Waals surface area (Å²) in [6.07, 6.45) is 4.65. The van der Waals surface area contributed by atoms with Gasteiger partial charge in [0.05, 0.1) is 12.4 Å². The quantitative estimate of drug-likeness (QED) is 0.468. The molecule has 0 N–H and O–H groups in total. The van der Waals surface area contributed by atoms with Crippen molar-refractivity contribution in [2.45, 2.75) is 6.92 Å². The summed E-state index contributed by atoms with van der Waals surface area (Å²) in [5.74, 6) is 0.651. The Bertz CT molecular complexity index is 462. The van der Waals surface area contributed by atoms with Crippen molar-refractivity contribution in [1.29, 1.82) is 0 Å². The number of aryl methyl sites for hydroxylation is 1. The third-order valence-corrected chi connectivity index (χ3v) is 1.54. The van der Waals surface area contributed by atoms with Gasteiger partial charge in [0.15, 0.2) is 0 Å². The molecule has 2 heterocycles. The van der Waals surface area contributed by atoms with Crippen LogP contribution in [0.25, 0.3) is 5.84 Å². The Labute approximate surface area is 67.4 Å². The molecular formula is C7H5N3O2. The molecule has 0 saturated carbocycles. The Morgan fingerprint density at radius 3 is 3.25 bits per heavy atom. The van der Waals surface area contributed by atoms with Crippen LogP contribution in [0.5, 0.6) is 0 Å². The van der Waals surface area contributed by atoms with Crippen LogP contribution in [-0.4, -0.2) is 15.5 Å². The third kappa shape index (κ3) is 0.844. The van der Waals surface area contributed by atoms with Gasteiger partial charge in [-0.3, -0.25) is 4.40 Å². The van der Waals surface area contributed by atoms with Gasteiger partial charge in [0.1, 0.15) is 0 Å². The molecule has 0 saturated heterocycles. The zero-order valence-corrected chi connectivity index (χ0v) is 6.31. The summed E-state index contributed by atoms with van der Waals surface area (Å²) in [6.45, 7) is 1.88. The minimum atomic E-state index is 0.219. The molecule has 0 amide bonds. The van der Waals surface area contributed by atoms with Crippen molar-refractivity contribution >= 4 is 17.8 Å². The molecule has 12 heavy (non-hydrogen) atoms. The van der Waals surface area contributed by atoms with Gasteiger partial charge in [0.25, 0.3) is 5.88 Å². The molecule has 0 spiro atoms. The standard InChI is InChI=1S/C7H5N3O2/c1-5-2-8-7-10(5)3-6(12-7)9-4-11/h2-3H,1H3. The molecule has 0 fully saturated rings. The molecule has 2 aromatic rings. The fourth-order valence-electron chi connectivity index (χ4n) is 0.983. The number of hydrogen-bond acceptors (Lipinski definition) is 4. The van der Waals surface area contributed by atoms with E-state index in [2.05, 4.69) is 9.98 Å². The smallest absolute Gasteiger partial charge is 0.307 e. The Morgan fingerprint density at radius 2 is 2.58 bits per heavy atom. The van der Waals surface area contributed by atoms with Crippen LogP contribution < -0.4 is 0 Å². The first-order valence-electron chi connectivity index (χ1n) is 3.32. The summed E-state index contributed by atoms with van der Waals surface area (Å²) in [5, 5.41) is 0. The minimum absolute atomic E-state index is 0.219. The number of hydrogen-bond donors (Lipinski definition) is 0. The van der Waals surface area contributed by atoms with Crippen LogP contribution in [0.2, 0.25) is 0 Å². The van der Waals surface area contributed by atoms with Crippen LogP contribution in [0.1, 0.15) is 5.69 Å². The van der Waals surface area contributed by atoms with Gasteiger partial charge in [-0.15, -0.1) is 4.99 Å². The van der Waals surface area contributed by atoms with E-state index < -0.39 is 0 Å². The highest BCUT2D eigenvalue weighted by atomic mass is 16.4. The molecule has 0 unspecified atom stereocenters. The van der Waals surface area contributed by atoms with Gasteiger partial charge < -0.3 is 4.42 Å². The van der Waals surface area contributed by atoms with Crippen molar-refractivity contribution in [1.82, 2.24) is 9.38 Å². The van der Waals surface area contributed by atoms with Crippen LogP contribution in [0.4, 0.5) is 5.88 Å². The summed E-state index contributed by atoms with van der Waals surface area (Å²) < 4.78 is 6.76. The van der Waals surface area contributed by atoms with Gasteiger partial charge in [0.2, 0.25) is 6.08 Å². The van der Waals surface area contributed by atoms with Crippen molar-refractivity contribution in [3.05, 3.63) is 18.1 Å². The molecule has 0 radical (unpaired) electrons. The van der Waals surface area contributed by atoms with Gasteiger partial charge in [0, 0.05) is 5.69 Å². The van der Waals surface area contributed by atoms with Gasteiger partial charge in [-0.05, 0) is 6.92 Å². The molecule has 0 aromatic carbocycles. The first kappa shape index (κ1) is 6.82. The number of rotatable bonds is 1. The van der Waals surface area contributed by atoms with E-state index in [9.17, 15) is 4.79 Å². The van der Waals surface area contributed by atoms with Crippen LogP contribution >= 0.6 is 0 Å². The largest absolute Gasteiger partial charge is 0.404 e. The Morgan fingerprint density at radius 1 is 1.75 bits per heavy atom. The van der Waals surface area contributed by atoms with Crippen LogP contribution in [-0.2, 0) is 4.79 Å². The van der Waals surface area contributed by atoms with E-state index in [-0.39, 0.29) is 5.88 Å². The van der Waals surface area contributed by atoms with E-state index in [4.69, 9.17) is 4.42 Å². The van der Waals surface area contributed by atoms with E-state index in [1.165, 1.54) is 6.08 Å². The second-order valence-corrected chi connectivity index (χ2v) is 2.32. The number of aliphatic imine (C=N–C) groups is 1. The lowest BCUT2D eigenvalue weighted by atomic mass is 10.5. The van der Waals surface area contributed by atoms with Crippen LogP contribution in [0.15, 0.2) is 21.8 Å². The fourth-order valence-corrected chi connectivity index (χ4v) is 0.983. The highest BCUT2D eigenvalue weighted by Crippen LogP contribution is 2.17. The zero-order valence-electron chi connectivity index (χ0n) is 6.31. The Hall–Kier alpha value is -1.87. The average Bonchev–Trinajstić information content (AvgIpc) is 2.55. The highest BCUT2D eigenvalue weighted by Gasteiger charge is 2.04. The summed E-state index contributed by atoms with van der Waals surface area (Å²) in [5.41, 5.74) is 0.932. The first-order chi connectivity index (χ1) is 5.81. The zero-order chi connectivity index (χ0) is 8.55. The molecule has 0 atom stereocenters. The van der Waals surface area contributed by atoms with E-state index in [1.54, 1.807) is 16.8 Å². The SMILES string of the molecule is Cc1cnc2oc(N=C=O)cn12. The maximum atomic E-state index is 9.88. The summed E-state index contributed by atoms with van der Waals surface area (Å²) in [7, 11) is 0. The second-order valence-electron chi connectivity index (χ2n) is 2.32. The normalized spacial score (nSPS) is 10.1. The maximum Gasteiger partial charge on any atom is 0.307 e. The molecular weight excluding hydrogens is 158 g/mol. The summed E-state index contributed by atoms with van der Waals surface area (Å²) in [6, 6.07) is 0. The molecule has 5 heteroatoms. The van der Waals surface area contributed by atoms with Gasteiger partial charge >= 0.3 is 5.84 Å². The number of fused-ring (bicyclic) bond motifs is 1. The predicted molar refractivity (Wildman–Crippen MR) is 40.0 cm³/mol. The number of oxazole rings is 1. The van der Waals surface area contributed by atoms with Crippen LogP contribution in [0.3, 0.4) is 0 Å². The number of imidazole rings is 1. The molecule has 0 aliphatic rings. The number of carbonyl (C=O) groups excluding carboxylic acids is 1. The Kier molecular flexibility index (Phi) is 1.32. The molecule has 5 nitrogen and oxygen atoms in total.